The molecule has 0 bridgehead atoms. The maximum Gasteiger partial charge on any atom is 0.341 e. The van der Waals surface area contributed by atoms with Crippen LogP contribution in [0.1, 0.15) is 10.4 Å². The second-order valence-electron chi connectivity index (χ2n) is 4.23. The zero-order valence-corrected chi connectivity index (χ0v) is 13.3. The summed E-state index contributed by atoms with van der Waals surface area (Å²) in [6, 6.07) is 9.53. The summed E-state index contributed by atoms with van der Waals surface area (Å²) in [6.45, 7) is -0.569. The molecule has 7 heteroatoms. The van der Waals surface area contributed by atoms with E-state index in [-0.39, 0.29) is 0 Å². The molecule has 0 heterocycles. The Hall–Kier alpha value is -2.03. The molecule has 0 unspecified atom stereocenters. The summed E-state index contributed by atoms with van der Waals surface area (Å²) in [5, 5.41) is 2.56. The molecule has 2 aromatic rings. The van der Waals surface area contributed by atoms with Gasteiger partial charge in [0.25, 0.3) is 5.91 Å². The summed E-state index contributed by atoms with van der Waals surface area (Å²) >= 11 is 2.04. The van der Waals surface area contributed by atoms with Crippen LogP contribution in [0.3, 0.4) is 0 Å². The second-order valence-corrected chi connectivity index (χ2v) is 5.39. The number of benzene rings is 2. The van der Waals surface area contributed by atoms with Gasteiger partial charge in [-0.3, -0.25) is 4.79 Å². The van der Waals surface area contributed by atoms with Crippen LogP contribution in [0.15, 0.2) is 42.5 Å². The van der Waals surface area contributed by atoms with E-state index in [1.54, 1.807) is 18.2 Å². The summed E-state index contributed by atoms with van der Waals surface area (Å²) in [5.41, 5.74) is 0.153. The van der Waals surface area contributed by atoms with Crippen molar-refractivity contribution < 1.29 is 23.1 Å². The largest absolute Gasteiger partial charge is 0.452 e. The maximum absolute atomic E-state index is 13.4. The van der Waals surface area contributed by atoms with Crippen LogP contribution in [0.25, 0.3) is 0 Å². The highest BCUT2D eigenvalue weighted by Gasteiger charge is 2.15. The van der Waals surface area contributed by atoms with E-state index in [0.717, 1.165) is 15.7 Å². The number of carbonyl (C=O) groups excluding carboxylic acids is 2. The van der Waals surface area contributed by atoms with Crippen LogP contribution in [-0.2, 0) is 9.53 Å². The first-order chi connectivity index (χ1) is 10.5. The zero-order valence-electron chi connectivity index (χ0n) is 11.1. The number of ether oxygens (including phenoxy) is 1. The number of hydrogen-bond acceptors (Lipinski definition) is 3. The molecule has 1 amide bonds. The van der Waals surface area contributed by atoms with Gasteiger partial charge in [0.15, 0.2) is 6.61 Å². The van der Waals surface area contributed by atoms with Gasteiger partial charge in [0.2, 0.25) is 0 Å². The van der Waals surface area contributed by atoms with Crippen LogP contribution >= 0.6 is 22.6 Å². The first-order valence-electron chi connectivity index (χ1n) is 6.14. The molecule has 114 valence electrons. The zero-order chi connectivity index (χ0) is 16.1. The fourth-order valence-electron chi connectivity index (χ4n) is 1.61. The molecule has 0 atom stereocenters. The smallest absolute Gasteiger partial charge is 0.341 e. The highest BCUT2D eigenvalue weighted by Crippen LogP contribution is 2.17. The van der Waals surface area contributed by atoms with Crippen LogP contribution in [0.5, 0.6) is 0 Å². The molecule has 0 aliphatic carbocycles. The molecule has 0 fully saturated rings. The molecular formula is C15H10F2INO3. The predicted octanol–water partition coefficient (Wildman–Crippen LogP) is 3.36. The van der Waals surface area contributed by atoms with Gasteiger partial charge in [0.1, 0.15) is 11.6 Å². The van der Waals surface area contributed by atoms with E-state index in [0.29, 0.717) is 11.8 Å². The molecule has 0 aromatic heterocycles. The van der Waals surface area contributed by atoms with E-state index in [2.05, 4.69) is 5.32 Å². The van der Waals surface area contributed by atoms with Crippen molar-refractivity contribution in [3.05, 3.63) is 63.2 Å². The van der Waals surface area contributed by atoms with Gasteiger partial charge in [0.05, 0.1) is 11.3 Å². The highest BCUT2D eigenvalue weighted by atomic mass is 127. The van der Waals surface area contributed by atoms with Gasteiger partial charge in [-0.05, 0) is 46.9 Å². The van der Waals surface area contributed by atoms with Crippen molar-refractivity contribution in [2.75, 3.05) is 11.9 Å². The Morgan fingerprint density at radius 3 is 2.55 bits per heavy atom. The monoisotopic (exact) mass is 417 g/mol. The number of carbonyl (C=O) groups is 2. The fourth-order valence-corrected chi connectivity index (χ4v) is 2.13. The molecule has 4 nitrogen and oxygen atoms in total. The van der Waals surface area contributed by atoms with Crippen molar-refractivity contribution in [1.82, 2.24) is 0 Å². The van der Waals surface area contributed by atoms with E-state index in [4.69, 9.17) is 4.74 Å². The maximum atomic E-state index is 13.4. The molecule has 0 radical (unpaired) electrons. The lowest BCUT2D eigenvalue weighted by Gasteiger charge is -2.08. The number of halogens is 3. The number of rotatable bonds is 4. The van der Waals surface area contributed by atoms with Gasteiger partial charge in [-0.1, -0.05) is 12.1 Å². The Morgan fingerprint density at radius 2 is 1.86 bits per heavy atom. The Labute approximate surface area is 138 Å². The van der Waals surface area contributed by atoms with E-state index in [9.17, 15) is 18.4 Å². The topological polar surface area (TPSA) is 55.4 Å². The third kappa shape index (κ3) is 4.23. The van der Waals surface area contributed by atoms with Crippen molar-refractivity contribution in [3.63, 3.8) is 0 Å². The van der Waals surface area contributed by atoms with Crippen LogP contribution in [0, 0.1) is 15.2 Å². The Morgan fingerprint density at radius 1 is 1.14 bits per heavy atom. The third-order valence-corrected chi connectivity index (χ3v) is 3.57. The van der Waals surface area contributed by atoms with Crippen LogP contribution in [0.4, 0.5) is 14.5 Å². The number of esters is 1. The Bertz CT molecular complexity index is 722. The number of para-hydroxylation sites is 1. The minimum atomic E-state index is -1.04. The average molecular weight is 417 g/mol. The minimum Gasteiger partial charge on any atom is -0.452 e. The summed E-state index contributed by atoms with van der Waals surface area (Å²) < 4.78 is 31.7. The fraction of sp³-hybridized carbons (Fsp3) is 0.0667. The van der Waals surface area contributed by atoms with Gasteiger partial charge in [-0.15, -0.1) is 0 Å². The number of hydrogen-bond donors (Lipinski definition) is 1. The lowest BCUT2D eigenvalue weighted by Crippen LogP contribution is -2.21. The Kier molecular flexibility index (Phi) is 5.42. The highest BCUT2D eigenvalue weighted by molar-refractivity contribution is 14.1. The van der Waals surface area contributed by atoms with Gasteiger partial charge in [0, 0.05) is 9.64 Å². The normalized spacial score (nSPS) is 10.1. The summed E-state index contributed by atoms with van der Waals surface area (Å²) in [6.07, 6.45) is 0. The predicted molar refractivity (Wildman–Crippen MR) is 84.4 cm³/mol. The Balaban J connectivity index is 1.93. The third-order valence-electron chi connectivity index (χ3n) is 2.63. The number of anilines is 1. The first kappa shape index (κ1) is 16.3. The summed E-state index contributed by atoms with van der Waals surface area (Å²) in [5.74, 6) is -3.43. The molecule has 0 spiro atoms. The SMILES string of the molecule is O=C(COC(=O)c1ccc(F)cc1F)Nc1ccccc1I. The molecule has 0 saturated carbocycles. The van der Waals surface area contributed by atoms with Crippen molar-refractivity contribution in [1.29, 1.82) is 0 Å². The molecule has 0 aliphatic heterocycles. The second kappa shape index (κ2) is 7.30. The summed E-state index contributed by atoms with van der Waals surface area (Å²) in [4.78, 5) is 23.3. The van der Waals surface area contributed by atoms with Crippen molar-refractivity contribution in [3.8, 4) is 0 Å². The van der Waals surface area contributed by atoms with E-state index in [1.807, 2.05) is 28.7 Å². The van der Waals surface area contributed by atoms with E-state index in [1.165, 1.54) is 0 Å². The standard InChI is InChI=1S/C15H10F2INO3/c16-9-5-6-10(11(17)7-9)15(21)22-8-14(20)19-13-4-2-1-3-12(13)18/h1-7H,8H2,(H,19,20). The summed E-state index contributed by atoms with van der Waals surface area (Å²) in [7, 11) is 0. The van der Waals surface area contributed by atoms with Crippen molar-refractivity contribution in [2.24, 2.45) is 0 Å². The van der Waals surface area contributed by atoms with Crippen LogP contribution in [0.2, 0.25) is 0 Å². The molecule has 2 rings (SSSR count). The van der Waals surface area contributed by atoms with Crippen LogP contribution in [-0.4, -0.2) is 18.5 Å². The van der Waals surface area contributed by atoms with Gasteiger partial charge in [-0.25, -0.2) is 13.6 Å². The lowest BCUT2D eigenvalue weighted by molar-refractivity contribution is -0.119. The van der Waals surface area contributed by atoms with E-state index >= 15 is 0 Å². The number of nitrogens with one attached hydrogen (secondary N) is 1. The quantitative estimate of drug-likeness (QED) is 0.614. The van der Waals surface area contributed by atoms with Crippen molar-refractivity contribution in [2.45, 2.75) is 0 Å². The minimum absolute atomic E-state index is 0.427. The van der Waals surface area contributed by atoms with Gasteiger partial charge < -0.3 is 10.1 Å². The molecule has 0 saturated heterocycles. The molecular weight excluding hydrogens is 407 g/mol. The molecule has 1 N–H and O–H groups in total. The molecule has 22 heavy (non-hydrogen) atoms. The first-order valence-corrected chi connectivity index (χ1v) is 7.22. The number of amides is 1. The molecule has 0 aliphatic rings. The van der Waals surface area contributed by atoms with E-state index < -0.39 is 35.7 Å². The van der Waals surface area contributed by atoms with Crippen molar-refractivity contribution >= 4 is 40.2 Å². The van der Waals surface area contributed by atoms with Crippen LogP contribution < -0.4 is 5.32 Å². The lowest BCUT2D eigenvalue weighted by atomic mass is 10.2. The van der Waals surface area contributed by atoms with Gasteiger partial charge in [-0.2, -0.15) is 0 Å². The molecule has 2 aromatic carbocycles. The average Bonchev–Trinajstić information content (AvgIpc) is 2.47. The van der Waals surface area contributed by atoms with Gasteiger partial charge >= 0.3 is 5.97 Å².